The average molecular weight is 315 g/mol. The van der Waals surface area contributed by atoms with Crippen LogP contribution in [-0.2, 0) is 21.2 Å². The van der Waals surface area contributed by atoms with Crippen LogP contribution in [0.3, 0.4) is 0 Å². The summed E-state index contributed by atoms with van der Waals surface area (Å²) in [7, 11) is -3.60. The highest BCUT2D eigenvalue weighted by atomic mass is 32.2. The molecule has 0 aliphatic carbocycles. The number of carboxylic acid groups (broad SMARTS) is 1. The fraction of sp³-hybridized carbons (Fsp3) is 0.333. The molecule has 116 valence electrons. The van der Waals surface area contributed by atoms with Crippen LogP contribution in [0.15, 0.2) is 24.3 Å². The summed E-state index contributed by atoms with van der Waals surface area (Å²) in [4.78, 5) is 21.9. The number of carbonyl (C=O) groups excluding carboxylic acids is 1. The van der Waals surface area contributed by atoms with Crippen molar-refractivity contribution in [3.63, 3.8) is 0 Å². The number of nitrogens with one attached hydrogen (secondary N) is 2. The van der Waals surface area contributed by atoms with Crippen LogP contribution < -0.4 is 15.8 Å². The van der Waals surface area contributed by atoms with Gasteiger partial charge in [-0.25, -0.2) is 18.4 Å². The van der Waals surface area contributed by atoms with Crippen LogP contribution in [-0.4, -0.2) is 37.8 Å². The molecule has 0 radical (unpaired) electrons. The molecule has 2 amide bonds. The number of urea groups is 1. The third-order valence-corrected chi connectivity index (χ3v) is 3.28. The Hall–Kier alpha value is -2.13. The van der Waals surface area contributed by atoms with Crippen LogP contribution in [0.2, 0.25) is 0 Å². The standard InChI is InChI=1S/C12H17N3O5S/c13-21(19,20)8-7-14-12(18)15-10-4-1-9(2-5-10)3-6-11(16)17/h1-2,4-5H,3,6-8H2,(H,16,17)(H2,13,19,20)(H2,14,15,18). The fourth-order valence-corrected chi connectivity index (χ4v) is 1.87. The van der Waals surface area contributed by atoms with Gasteiger partial charge in [0.25, 0.3) is 0 Å². The number of aryl methyl sites for hydroxylation is 1. The monoisotopic (exact) mass is 315 g/mol. The van der Waals surface area contributed by atoms with Gasteiger partial charge in [0, 0.05) is 18.7 Å². The van der Waals surface area contributed by atoms with E-state index in [-0.39, 0.29) is 18.7 Å². The summed E-state index contributed by atoms with van der Waals surface area (Å²) in [6, 6.07) is 6.15. The molecule has 8 nitrogen and oxygen atoms in total. The first-order valence-corrected chi connectivity index (χ1v) is 7.84. The lowest BCUT2D eigenvalue weighted by molar-refractivity contribution is -0.136. The molecule has 0 fully saturated rings. The van der Waals surface area contributed by atoms with E-state index in [9.17, 15) is 18.0 Å². The van der Waals surface area contributed by atoms with Crippen molar-refractivity contribution in [2.45, 2.75) is 12.8 Å². The van der Waals surface area contributed by atoms with Crippen molar-refractivity contribution in [1.29, 1.82) is 0 Å². The van der Waals surface area contributed by atoms with Crippen LogP contribution in [0.25, 0.3) is 0 Å². The maximum Gasteiger partial charge on any atom is 0.319 e. The molecule has 0 aliphatic heterocycles. The van der Waals surface area contributed by atoms with Gasteiger partial charge in [0.15, 0.2) is 0 Å². The van der Waals surface area contributed by atoms with Gasteiger partial charge in [0.1, 0.15) is 0 Å². The second-order valence-electron chi connectivity index (χ2n) is 4.34. The molecule has 1 aromatic carbocycles. The summed E-state index contributed by atoms with van der Waals surface area (Å²) in [6.07, 6.45) is 0.455. The Morgan fingerprint density at radius 2 is 1.81 bits per heavy atom. The number of aliphatic carboxylic acids is 1. The molecule has 0 saturated carbocycles. The summed E-state index contributed by atoms with van der Waals surface area (Å²) in [5, 5.41) is 18.2. The first-order valence-electron chi connectivity index (χ1n) is 6.12. The van der Waals surface area contributed by atoms with Gasteiger partial charge in [-0.15, -0.1) is 0 Å². The van der Waals surface area contributed by atoms with E-state index in [1.165, 1.54) is 0 Å². The van der Waals surface area contributed by atoms with E-state index >= 15 is 0 Å². The number of amides is 2. The Bertz CT molecular complexity index is 598. The maximum absolute atomic E-state index is 11.5. The first kappa shape index (κ1) is 16.9. The van der Waals surface area contributed by atoms with E-state index in [1.54, 1.807) is 24.3 Å². The van der Waals surface area contributed by atoms with Gasteiger partial charge >= 0.3 is 12.0 Å². The van der Waals surface area contributed by atoms with E-state index < -0.39 is 22.0 Å². The minimum atomic E-state index is -3.60. The third kappa shape index (κ3) is 7.90. The van der Waals surface area contributed by atoms with Crippen molar-refractivity contribution in [3.8, 4) is 0 Å². The second-order valence-corrected chi connectivity index (χ2v) is 6.07. The van der Waals surface area contributed by atoms with E-state index in [2.05, 4.69) is 10.6 Å². The Morgan fingerprint density at radius 1 is 1.19 bits per heavy atom. The number of anilines is 1. The molecule has 21 heavy (non-hydrogen) atoms. The van der Waals surface area contributed by atoms with Crippen molar-refractivity contribution >= 4 is 27.7 Å². The van der Waals surface area contributed by atoms with Crippen LogP contribution in [0.1, 0.15) is 12.0 Å². The number of hydrogen-bond donors (Lipinski definition) is 4. The van der Waals surface area contributed by atoms with E-state index in [0.717, 1.165) is 5.56 Å². The van der Waals surface area contributed by atoms with Crippen LogP contribution >= 0.6 is 0 Å². The van der Waals surface area contributed by atoms with Gasteiger partial charge in [0.05, 0.1) is 5.75 Å². The molecule has 0 bridgehead atoms. The average Bonchev–Trinajstić information content (AvgIpc) is 2.36. The number of benzene rings is 1. The Morgan fingerprint density at radius 3 is 2.33 bits per heavy atom. The number of primary sulfonamides is 1. The molecular formula is C12H17N3O5S. The molecule has 0 saturated heterocycles. The molecule has 0 spiro atoms. The zero-order valence-electron chi connectivity index (χ0n) is 11.2. The van der Waals surface area contributed by atoms with E-state index in [4.69, 9.17) is 10.2 Å². The fourth-order valence-electron chi connectivity index (χ4n) is 1.49. The highest BCUT2D eigenvalue weighted by molar-refractivity contribution is 7.89. The number of carbonyl (C=O) groups is 2. The SMILES string of the molecule is NS(=O)(=O)CCNC(=O)Nc1ccc(CCC(=O)O)cc1. The number of nitrogens with two attached hydrogens (primary N) is 1. The summed E-state index contributed by atoms with van der Waals surface area (Å²) in [5.41, 5.74) is 1.36. The zero-order valence-corrected chi connectivity index (χ0v) is 12.0. The first-order chi connectivity index (χ1) is 9.76. The Kier molecular flexibility index (Phi) is 6.12. The number of rotatable bonds is 7. The highest BCUT2D eigenvalue weighted by Crippen LogP contribution is 2.10. The topological polar surface area (TPSA) is 139 Å². The van der Waals surface area contributed by atoms with Gasteiger partial charge in [-0.3, -0.25) is 4.79 Å². The molecule has 0 aliphatic rings. The van der Waals surface area contributed by atoms with Crippen molar-refractivity contribution in [2.24, 2.45) is 5.14 Å². The largest absolute Gasteiger partial charge is 0.481 e. The summed E-state index contributed by atoms with van der Waals surface area (Å²) < 4.78 is 21.4. The summed E-state index contributed by atoms with van der Waals surface area (Å²) in [5.74, 6) is -1.21. The molecule has 5 N–H and O–H groups in total. The zero-order chi connectivity index (χ0) is 15.9. The number of carboxylic acids is 1. The van der Waals surface area contributed by atoms with Crippen LogP contribution in [0, 0.1) is 0 Å². The lowest BCUT2D eigenvalue weighted by Gasteiger charge is -2.07. The van der Waals surface area contributed by atoms with Crippen molar-refractivity contribution < 1.29 is 23.1 Å². The smallest absolute Gasteiger partial charge is 0.319 e. The molecule has 1 aromatic rings. The minimum absolute atomic E-state index is 0.0425. The summed E-state index contributed by atoms with van der Waals surface area (Å²) >= 11 is 0. The van der Waals surface area contributed by atoms with E-state index in [1.807, 2.05) is 0 Å². The minimum Gasteiger partial charge on any atom is -0.481 e. The normalized spacial score (nSPS) is 10.9. The quantitative estimate of drug-likeness (QED) is 0.566. The summed E-state index contributed by atoms with van der Waals surface area (Å²) in [6.45, 7) is -0.0820. The molecule has 0 unspecified atom stereocenters. The van der Waals surface area contributed by atoms with Crippen molar-refractivity contribution in [1.82, 2.24) is 5.32 Å². The molecule has 1 rings (SSSR count). The van der Waals surface area contributed by atoms with E-state index in [0.29, 0.717) is 12.1 Å². The van der Waals surface area contributed by atoms with Gasteiger partial charge in [0.2, 0.25) is 10.0 Å². The van der Waals surface area contributed by atoms with Crippen molar-refractivity contribution in [2.75, 3.05) is 17.6 Å². The lowest BCUT2D eigenvalue weighted by Crippen LogP contribution is -2.34. The Balaban J connectivity index is 2.41. The van der Waals surface area contributed by atoms with Crippen LogP contribution in [0.5, 0.6) is 0 Å². The van der Waals surface area contributed by atoms with Gasteiger partial charge in [-0.05, 0) is 24.1 Å². The highest BCUT2D eigenvalue weighted by Gasteiger charge is 2.05. The Labute approximate surface area is 122 Å². The van der Waals surface area contributed by atoms with Crippen molar-refractivity contribution in [3.05, 3.63) is 29.8 Å². The maximum atomic E-state index is 11.5. The molecule has 9 heteroatoms. The molecule has 0 aromatic heterocycles. The van der Waals surface area contributed by atoms with Gasteiger partial charge in [-0.1, -0.05) is 12.1 Å². The molecular weight excluding hydrogens is 298 g/mol. The third-order valence-electron chi connectivity index (χ3n) is 2.51. The van der Waals surface area contributed by atoms with Gasteiger partial charge in [-0.2, -0.15) is 0 Å². The number of hydrogen-bond acceptors (Lipinski definition) is 4. The molecule has 0 atom stereocenters. The number of sulfonamides is 1. The van der Waals surface area contributed by atoms with Crippen LogP contribution in [0.4, 0.5) is 10.5 Å². The predicted octanol–water partition coefficient (Wildman–Crippen LogP) is 0.114. The van der Waals surface area contributed by atoms with Gasteiger partial charge < -0.3 is 15.7 Å². The predicted molar refractivity (Wildman–Crippen MR) is 77.4 cm³/mol. The second kappa shape index (κ2) is 7.60. The molecule has 0 heterocycles. The lowest BCUT2D eigenvalue weighted by atomic mass is 10.1.